The molecule has 0 unspecified atom stereocenters. The lowest BCUT2D eigenvalue weighted by atomic mass is 10.3. The van der Waals surface area contributed by atoms with Gasteiger partial charge in [-0.25, -0.2) is 4.79 Å². The van der Waals surface area contributed by atoms with Gasteiger partial charge < -0.3 is 18.1 Å². The third-order valence-electron chi connectivity index (χ3n) is 2.65. The number of hydrogen-bond acceptors (Lipinski definition) is 8. The zero-order chi connectivity index (χ0) is 15.5. The van der Waals surface area contributed by atoms with Gasteiger partial charge in [-0.3, -0.25) is 10.1 Å². The fraction of sp³-hybridized carbons (Fsp3) is 0.0769. The topological polar surface area (TPSA) is 122 Å². The molecular weight excluding hydrogens is 296 g/mol. The highest BCUT2D eigenvalue weighted by Crippen LogP contribution is 2.21. The van der Waals surface area contributed by atoms with Gasteiger partial charge in [-0.05, 0) is 18.2 Å². The van der Waals surface area contributed by atoms with Gasteiger partial charge in [-0.15, -0.1) is 0 Å². The molecule has 0 aliphatic rings. The van der Waals surface area contributed by atoms with E-state index in [-0.39, 0.29) is 12.4 Å². The highest BCUT2D eigenvalue weighted by molar-refractivity contribution is 5.86. The standard InChI is InChI=1S/C13H8N2O7/c16-13(10-3-4-12(21-10)15(17)18)20-7-8-6-11(22-14-8)9-2-1-5-19-9/h1-6H,7H2. The Labute approximate surface area is 122 Å². The number of carbonyl (C=O) groups is 1. The van der Waals surface area contributed by atoms with E-state index in [4.69, 9.17) is 18.1 Å². The van der Waals surface area contributed by atoms with Crippen LogP contribution >= 0.6 is 0 Å². The zero-order valence-electron chi connectivity index (χ0n) is 10.9. The Morgan fingerprint density at radius 3 is 2.86 bits per heavy atom. The molecule has 3 rings (SSSR count). The molecule has 0 spiro atoms. The number of carbonyl (C=O) groups excluding carboxylic acids is 1. The minimum absolute atomic E-state index is 0.169. The summed E-state index contributed by atoms with van der Waals surface area (Å²) in [6.07, 6.45) is 1.49. The van der Waals surface area contributed by atoms with Gasteiger partial charge in [0.1, 0.15) is 17.2 Å². The molecule has 9 heteroatoms. The largest absolute Gasteiger partial charge is 0.461 e. The molecule has 0 aliphatic carbocycles. The Morgan fingerprint density at radius 1 is 1.32 bits per heavy atom. The molecule has 22 heavy (non-hydrogen) atoms. The number of rotatable bonds is 5. The summed E-state index contributed by atoms with van der Waals surface area (Å²) < 4.78 is 19.8. The van der Waals surface area contributed by atoms with Gasteiger partial charge in [0.15, 0.2) is 5.76 Å². The average molecular weight is 304 g/mol. The second-order valence-corrected chi connectivity index (χ2v) is 4.13. The Morgan fingerprint density at radius 2 is 2.18 bits per heavy atom. The first-order valence-electron chi connectivity index (χ1n) is 6.04. The van der Waals surface area contributed by atoms with Crippen LogP contribution in [0.25, 0.3) is 11.5 Å². The van der Waals surface area contributed by atoms with E-state index in [1.54, 1.807) is 18.2 Å². The Kier molecular flexibility index (Phi) is 3.44. The number of ether oxygens (including phenoxy) is 1. The zero-order valence-corrected chi connectivity index (χ0v) is 10.9. The normalized spacial score (nSPS) is 10.5. The fourth-order valence-electron chi connectivity index (χ4n) is 1.66. The first kappa shape index (κ1) is 13.6. The predicted molar refractivity (Wildman–Crippen MR) is 68.7 cm³/mol. The van der Waals surface area contributed by atoms with Crippen molar-refractivity contribution in [3.63, 3.8) is 0 Å². The highest BCUT2D eigenvalue weighted by atomic mass is 16.7. The van der Waals surface area contributed by atoms with Gasteiger partial charge >= 0.3 is 11.9 Å². The van der Waals surface area contributed by atoms with E-state index in [1.165, 1.54) is 6.26 Å². The van der Waals surface area contributed by atoms with Crippen molar-refractivity contribution in [3.8, 4) is 11.5 Å². The summed E-state index contributed by atoms with van der Waals surface area (Å²) in [5, 5.41) is 14.2. The molecule has 0 saturated heterocycles. The maximum absolute atomic E-state index is 11.7. The Bertz CT molecular complexity index is 800. The first-order valence-corrected chi connectivity index (χ1v) is 6.04. The number of nitrogens with zero attached hydrogens (tertiary/aromatic N) is 2. The monoisotopic (exact) mass is 304 g/mol. The van der Waals surface area contributed by atoms with Gasteiger partial charge in [-0.2, -0.15) is 0 Å². The van der Waals surface area contributed by atoms with E-state index in [9.17, 15) is 14.9 Å². The molecular formula is C13H8N2O7. The van der Waals surface area contributed by atoms with Crippen LogP contribution in [-0.2, 0) is 11.3 Å². The summed E-state index contributed by atoms with van der Waals surface area (Å²) in [7, 11) is 0. The lowest BCUT2D eigenvalue weighted by molar-refractivity contribution is -0.402. The van der Waals surface area contributed by atoms with E-state index in [0.717, 1.165) is 12.1 Å². The minimum Gasteiger partial charge on any atom is -0.461 e. The molecule has 9 nitrogen and oxygen atoms in total. The Balaban J connectivity index is 1.62. The van der Waals surface area contributed by atoms with Crippen molar-refractivity contribution in [1.29, 1.82) is 0 Å². The maximum atomic E-state index is 11.7. The first-order chi connectivity index (χ1) is 10.6. The van der Waals surface area contributed by atoms with E-state index >= 15 is 0 Å². The highest BCUT2D eigenvalue weighted by Gasteiger charge is 2.19. The van der Waals surface area contributed by atoms with Crippen molar-refractivity contribution < 1.29 is 27.8 Å². The molecule has 0 saturated carbocycles. The van der Waals surface area contributed by atoms with Gasteiger partial charge in [0.05, 0.1) is 12.3 Å². The van der Waals surface area contributed by atoms with Crippen molar-refractivity contribution in [2.45, 2.75) is 6.61 Å². The van der Waals surface area contributed by atoms with Crippen molar-refractivity contribution in [1.82, 2.24) is 5.16 Å². The van der Waals surface area contributed by atoms with Crippen LogP contribution in [0.3, 0.4) is 0 Å². The van der Waals surface area contributed by atoms with Crippen molar-refractivity contribution >= 4 is 11.9 Å². The molecule has 3 aromatic rings. The summed E-state index contributed by atoms with van der Waals surface area (Å²) in [6, 6.07) is 7.18. The van der Waals surface area contributed by atoms with E-state index in [1.807, 2.05) is 0 Å². The number of furan rings is 2. The molecule has 3 heterocycles. The molecule has 0 fully saturated rings. The molecule has 3 aromatic heterocycles. The lowest BCUT2D eigenvalue weighted by Crippen LogP contribution is -2.04. The summed E-state index contributed by atoms with van der Waals surface area (Å²) >= 11 is 0. The quantitative estimate of drug-likeness (QED) is 0.400. The third-order valence-corrected chi connectivity index (χ3v) is 2.65. The van der Waals surface area contributed by atoms with Gasteiger partial charge in [-0.1, -0.05) is 5.16 Å². The van der Waals surface area contributed by atoms with Crippen LogP contribution in [0.2, 0.25) is 0 Å². The van der Waals surface area contributed by atoms with Crippen LogP contribution in [0, 0.1) is 10.1 Å². The molecule has 0 radical (unpaired) electrons. The van der Waals surface area contributed by atoms with E-state index in [2.05, 4.69) is 5.16 Å². The number of hydrogen-bond donors (Lipinski definition) is 0. The lowest BCUT2D eigenvalue weighted by Gasteiger charge is -1.98. The van der Waals surface area contributed by atoms with Gasteiger partial charge in [0.2, 0.25) is 11.5 Å². The molecule has 0 atom stereocenters. The molecule has 0 bridgehead atoms. The smallest absolute Gasteiger partial charge is 0.433 e. The summed E-state index contributed by atoms with van der Waals surface area (Å²) in [5.74, 6) is -0.748. The third kappa shape index (κ3) is 2.73. The van der Waals surface area contributed by atoms with Crippen molar-refractivity contribution in [3.05, 3.63) is 58.2 Å². The van der Waals surface area contributed by atoms with Gasteiger partial charge in [0, 0.05) is 6.07 Å². The van der Waals surface area contributed by atoms with Crippen LogP contribution in [0.15, 0.2) is 50.0 Å². The fourth-order valence-corrected chi connectivity index (χ4v) is 1.66. The van der Waals surface area contributed by atoms with Gasteiger partial charge in [0.25, 0.3) is 0 Å². The number of esters is 1. The van der Waals surface area contributed by atoms with Crippen LogP contribution in [-0.4, -0.2) is 16.0 Å². The van der Waals surface area contributed by atoms with Crippen molar-refractivity contribution in [2.75, 3.05) is 0 Å². The minimum atomic E-state index is -0.837. The van der Waals surface area contributed by atoms with Crippen LogP contribution < -0.4 is 0 Å². The van der Waals surface area contributed by atoms with Crippen LogP contribution in [0.4, 0.5) is 5.88 Å². The summed E-state index contributed by atoms with van der Waals surface area (Å²) in [6.45, 7) is -0.169. The molecule has 112 valence electrons. The van der Waals surface area contributed by atoms with E-state index < -0.39 is 16.8 Å². The predicted octanol–water partition coefficient (Wildman–Crippen LogP) is 2.79. The molecule has 0 N–H and O–H groups in total. The molecule has 0 amide bonds. The maximum Gasteiger partial charge on any atom is 0.433 e. The van der Waals surface area contributed by atoms with E-state index in [0.29, 0.717) is 17.2 Å². The summed E-state index contributed by atoms with van der Waals surface area (Å²) in [5.41, 5.74) is 0.362. The molecule has 0 aliphatic heterocycles. The SMILES string of the molecule is O=C(OCc1cc(-c2ccco2)on1)c1ccc([N+](=O)[O-])o1. The van der Waals surface area contributed by atoms with Crippen molar-refractivity contribution in [2.24, 2.45) is 0 Å². The number of nitro groups is 1. The molecule has 0 aromatic carbocycles. The van der Waals surface area contributed by atoms with Crippen LogP contribution in [0.5, 0.6) is 0 Å². The van der Waals surface area contributed by atoms with Crippen LogP contribution in [0.1, 0.15) is 16.2 Å². The summed E-state index contributed by atoms with van der Waals surface area (Å²) in [4.78, 5) is 21.4. The average Bonchev–Trinajstić information content (AvgIpc) is 3.23. The Hall–Kier alpha value is -3.36. The second kappa shape index (κ2) is 5.56. The number of aromatic nitrogens is 1. The second-order valence-electron chi connectivity index (χ2n) is 4.13.